The molecule has 2 aromatic carbocycles. The van der Waals surface area contributed by atoms with E-state index in [1.807, 2.05) is 43.3 Å². The number of carboxylic acids is 1. The van der Waals surface area contributed by atoms with E-state index in [1.54, 1.807) is 0 Å². The van der Waals surface area contributed by atoms with Crippen LogP contribution in [0.5, 0.6) is 0 Å². The van der Waals surface area contributed by atoms with Crippen molar-refractivity contribution in [2.75, 3.05) is 5.32 Å². The Labute approximate surface area is 152 Å². The summed E-state index contributed by atoms with van der Waals surface area (Å²) >= 11 is 0. The zero-order chi connectivity index (χ0) is 18.8. The number of fused-ring (bicyclic) bond motifs is 1. The Kier molecular flexibility index (Phi) is 4.80. The number of hydrogen-bond donors (Lipinski definition) is 2. The summed E-state index contributed by atoms with van der Waals surface area (Å²) in [6.07, 6.45) is -0.0552. The maximum absolute atomic E-state index is 11.4. The van der Waals surface area contributed by atoms with E-state index in [0.717, 1.165) is 27.7 Å². The highest BCUT2D eigenvalue weighted by atomic mass is 16.4. The average molecular weight is 350 g/mol. The first-order valence-electron chi connectivity index (χ1n) is 8.56. The molecule has 1 atom stereocenters. The third-order valence-electron chi connectivity index (χ3n) is 4.70. The van der Waals surface area contributed by atoms with Crippen molar-refractivity contribution < 1.29 is 14.7 Å². The molecule has 3 rings (SSSR count). The van der Waals surface area contributed by atoms with E-state index in [-0.39, 0.29) is 18.4 Å². The number of nitrogens with zero attached hydrogens (tertiary/aromatic N) is 1. The molecule has 0 fully saturated rings. The number of hydrogen-bond acceptors (Lipinski definition) is 2. The number of rotatable bonds is 5. The molecule has 1 amide bonds. The van der Waals surface area contributed by atoms with Crippen molar-refractivity contribution in [1.29, 1.82) is 0 Å². The van der Waals surface area contributed by atoms with Gasteiger partial charge in [0, 0.05) is 29.2 Å². The lowest BCUT2D eigenvalue weighted by molar-refractivity contribution is -0.136. The van der Waals surface area contributed by atoms with E-state index < -0.39 is 5.97 Å². The third-order valence-corrected chi connectivity index (χ3v) is 4.70. The van der Waals surface area contributed by atoms with Gasteiger partial charge >= 0.3 is 5.97 Å². The minimum absolute atomic E-state index is 0.0552. The molecule has 2 N–H and O–H groups in total. The van der Waals surface area contributed by atoms with Gasteiger partial charge in [0.15, 0.2) is 0 Å². The smallest absolute Gasteiger partial charge is 0.307 e. The van der Waals surface area contributed by atoms with E-state index in [0.29, 0.717) is 5.69 Å². The molecule has 1 heterocycles. The molecule has 134 valence electrons. The molecule has 3 aromatic rings. The average Bonchev–Trinajstić information content (AvgIpc) is 2.86. The molecule has 0 bridgehead atoms. The summed E-state index contributed by atoms with van der Waals surface area (Å²) in [6.45, 7) is 5.51. The number of carbonyl (C=O) groups is 2. The molecule has 0 radical (unpaired) electrons. The molecule has 0 aliphatic heterocycles. The Bertz CT molecular complexity index is 974. The predicted octanol–water partition coefficient (Wildman–Crippen LogP) is 4.14. The van der Waals surface area contributed by atoms with Gasteiger partial charge in [-0.2, -0.15) is 0 Å². The van der Waals surface area contributed by atoms with Crippen molar-refractivity contribution in [1.82, 2.24) is 4.57 Å². The molecule has 1 aromatic heterocycles. The third kappa shape index (κ3) is 3.33. The SMILES string of the molecule is CC(=O)Nc1ccc2c(c1)c(CC(=O)O)c(C)n2C(C)c1ccccc1. The van der Waals surface area contributed by atoms with Crippen LogP contribution in [0.15, 0.2) is 48.5 Å². The molecule has 0 spiro atoms. The molecule has 5 nitrogen and oxygen atoms in total. The Morgan fingerprint density at radius 1 is 1.15 bits per heavy atom. The number of amides is 1. The fraction of sp³-hybridized carbons (Fsp3) is 0.238. The summed E-state index contributed by atoms with van der Waals surface area (Å²) in [5, 5.41) is 13.0. The normalized spacial score (nSPS) is 12.1. The molecule has 5 heteroatoms. The highest BCUT2D eigenvalue weighted by Gasteiger charge is 2.20. The van der Waals surface area contributed by atoms with Crippen LogP contribution in [0.2, 0.25) is 0 Å². The van der Waals surface area contributed by atoms with Crippen molar-refractivity contribution in [3.63, 3.8) is 0 Å². The van der Waals surface area contributed by atoms with Gasteiger partial charge in [0.1, 0.15) is 0 Å². The van der Waals surface area contributed by atoms with Crippen molar-refractivity contribution >= 4 is 28.5 Å². The lowest BCUT2D eigenvalue weighted by Gasteiger charge is -2.18. The molecule has 26 heavy (non-hydrogen) atoms. The van der Waals surface area contributed by atoms with Crippen LogP contribution >= 0.6 is 0 Å². The van der Waals surface area contributed by atoms with Crippen LogP contribution in [0.1, 0.15) is 36.7 Å². The minimum atomic E-state index is -0.871. The first-order valence-corrected chi connectivity index (χ1v) is 8.56. The van der Waals surface area contributed by atoms with Gasteiger partial charge in [-0.1, -0.05) is 30.3 Å². The summed E-state index contributed by atoms with van der Waals surface area (Å²) in [7, 11) is 0. The lowest BCUT2D eigenvalue weighted by Crippen LogP contribution is -2.09. The molecular formula is C21H22N2O3. The summed E-state index contributed by atoms with van der Waals surface area (Å²) in [5.41, 5.74) is 4.49. The van der Waals surface area contributed by atoms with Crippen LogP contribution in [0, 0.1) is 6.92 Å². The molecule has 1 unspecified atom stereocenters. The van der Waals surface area contributed by atoms with E-state index >= 15 is 0 Å². The number of carboxylic acid groups (broad SMARTS) is 1. The minimum Gasteiger partial charge on any atom is -0.481 e. The zero-order valence-electron chi connectivity index (χ0n) is 15.1. The Morgan fingerprint density at radius 2 is 1.85 bits per heavy atom. The van der Waals surface area contributed by atoms with Crippen molar-refractivity contribution in [3.05, 3.63) is 65.4 Å². The maximum Gasteiger partial charge on any atom is 0.307 e. The summed E-state index contributed by atoms with van der Waals surface area (Å²) in [6, 6.07) is 15.8. The number of anilines is 1. The Hall–Kier alpha value is -3.08. The number of aliphatic carboxylic acids is 1. The topological polar surface area (TPSA) is 71.3 Å². The summed E-state index contributed by atoms with van der Waals surface area (Å²) < 4.78 is 2.17. The van der Waals surface area contributed by atoms with Crippen LogP contribution in [0.25, 0.3) is 10.9 Å². The fourth-order valence-corrected chi connectivity index (χ4v) is 3.54. The van der Waals surface area contributed by atoms with Gasteiger partial charge in [-0.05, 0) is 43.2 Å². The molecule has 0 aliphatic rings. The fourth-order valence-electron chi connectivity index (χ4n) is 3.54. The zero-order valence-corrected chi connectivity index (χ0v) is 15.1. The van der Waals surface area contributed by atoms with Gasteiger partial charge in [0.25, 0.3) is 0 Å². The number of benzene rings is 2. The Balaban J connectivity index is 2.21. The number of carbonyl (C=O) groups excluding carboxylic acids is 1. The first-order chi connectivity index (χ1) is 12.4. The van der Waals surface area contributed by atoms with Gasteiger partial charge in [-0.3, -0.25) is 9.59 Å². The van der Waals surface area contributed by atoms with Crippen molar-refractivity contribution in [2.24, 2.45) is 0 Å². The standard InChI is InChI=1S/C21H22N2O3/c1-13(16-7-5-4-6-8-16)23-14(2)18(12-21(25)26)19-11-17(22-15(3)24)9-10-20(19)23/h4-11,13H,12H2,1-3H3,(H,22,24)(H,25,26). The van der Waals surface area contributed by atoms with Crippen LogP contribution in [-0.4, -0.2) is 21.6 Å². The van der Waals surface area contributed by atoms with E-state index in [4.69, 9.17) is 0 Å². The highest BCUT2D eigenvalue weighted by Crippen LogP contribution is 2.33. The molecule has 0 aliphatic carbocycles. The van der Waals surface area contributed by atoms with E-state index in [1.165, 1.54) is 6.92 Å². The predicted molar refractivity (Wildman–Crippen MR) is 103 cm³/mol. The van der Waals surface area contributed by atoms with Crippen molar-refractivity contribution in [3.8, 4) is 0 Å². The second kappa shape index (κ2) is 7.04. The van der Waals surface area contributed by atoms with Gasteiger partial charge in [0.2, 0.25) is 5.91 Å². The van der Waals surface area contributed by atoms with Crippen molar-refractivity contribution in [2.45, 2.75) is 33.2 Å². The monoisotopic (exact) mass is 350 g/mol. The molecular weight excluding hydrogens is 328 g/mol. The van der Waals surface area contributed by atoms with Crippen LogP contribution < -0.4 is 5.32 Å². The largest absolute Gasteiger partial charge is 0.481 e. The summed E-state index contributed by atoms with van der Waals surface area (Å²) in [5.74, 6) is -1.03. The summed E-state index contributed by atoms with van der Waals surface area (Å²) in [4.78, 5) is 22.8. The number of nitrogens with one attached hydrogen (secondary N) is 1. The lowest BCUT2D eigenvalue weighted by atomic mass is 10.1. The van der Waals surface area contributed by atoms with Crippen LogP contribution in [-0.2, 0) is 16.0 Å². The van der Waals surface area contributed by atoms with E-state index in [9.17, 15) is 14.7 Å². The first kappa shape index (κ1) is 17.7. The molecule has 0 saturated carbocycles. The van der Waals surface area contributed by atoms with Gasteiger partial charge in [-0.25, -0.2) is 0 Å². The second-order valence-corrected chi connectivity index (χ2v) is 6.50. The van der Waals surface area contributed by atoms with Gasteiger partial charge < -0.3 is 15.0 Å². The van der Waals surface area contributed by atoms with Crippen LogP contribution in [0.4, 0.5) is 5.69 Å². The van der Waals surface area contributed by atoms with Gasteiger partial charge in [0.05, 0.1) is 12.5 Å². The van der Waals surface area contributed by atoms with E-state index in [2.05, 4.69) is 28.9 Å². The highest BCUT2D eigenvalue weighted by molar-refractivity contribution is 5.95. The second-order valence-electron chi connectivity index (χ2n) is 6.50. The maximum atomic E-state index is 11.4. The molecule has 0 saturated heterocycles. The quantitative estimate of drug-likeness (QED) is 0.726. The number of aromatic nitrogens is 1. The Morgan fingerprint density at radius 3 is 2.46 bits per heavy atom. The van der Waals surface area contributed by atoms with Gasteiger partial charge in [-0.15, -0.1) is 0 Å². The van der Waals surface area contributed by atoms with Crippen LogP contribution in [0.3, 0.4) is 0 Å².